The van der Waals surface area contributed by atoms with E-state index in [-0.39, 0.29) is 11.8 Å². The van der Waals surface area contributed by atoms with E-state index in [1.807, 2.05) is 65.6 Å². The number of pyridine rings is 2. The number of carbonyl (C=O) groups is 1. The van der Waals surface area contributed by atoms with E-state index in [0.717, 1.165) is 35.0 Å². The molecule has 3 aromatic heterocycles. The third-order valence-corrected chi connectivity index (χ3v) is 5.47. The van der Waals surface area contributed by atoms with Gasteiger partial charge in [-0.15, -0.1) is 0 Å². The summed E-state index contributed by atoms with van der Waals surface area (Å²) in [6, 6.07) is 21.1. The molecule has 32 heavy (non-hydrogen) atoms. The molecule has 7 nitrogen and oxygen atoms in total. The van der Waals surface area contributed by atoms with Gasteiger partial charge in [0, 0.05) is 54.9 Å². The minimum absolute atomic E-state index is 0.0515. The Bertz CT molecular complexity index is 1200. The largest absolute Gasteiger partial charge is 0.340 e. The molecule has 1 aliphatic heterocycles. The Kier molecular flexibility index (Phi) is 5.53. The van der Waals surface area contributed by atoms with Crippen molar-refractivity contribution in [1.82, 2.24) is 24.8 Å². The second-order valence-corrected chi connectivity index (χ2v) is 7.68. The molecule has 5 rings (SSSR count). The maximum Gasteiger partial charge on any atom is 0.272 e. The fourth-order valence-corrected chi connectivity index (χ4v) is 3.85. The molecule has 1 aromatic carbocycles. The normalized spacial score (nSPS) is 15.5. The highest BCUT2D eigenvalue weighted by Crippen LogP contribution is 2.29. The Balaban J connectivity index is 1.44. The van der Waals surface area contributed by atoms with Crippen LogP contribution in [0.1, 0.15) is 28.7 Å². The third-order valence-electron chi connectivity index (χ3n) is 5.47. The van der Waals surface area contributed by atoms with Crippen molar-refractivity contribution in [2.45, 2.75) is 12.3 Å². The van der Waals surface area contributed by atoms with Gasteiger partial charge < -0.3 is 10.2 Å². The van der Waals surface area contributed by atoms with Crippen LogP contribution < -0.4 is 5.32 Å². The molecule has 0 spiro atoms. The highest BCUT2D eigenvalue weighted by atomic mass is 16.2. The number of hydrogen-bond donors (Lipinski definition) is 1. The molecule has 0 saturated carbocycles. The minimum Gasteiger partial charge on any atom is -0.340 e. The fraction of sp³-hybridized carbons (Fsp3) is 0.160. The lowest BCUT2D eigenvalue weighted by molar-refractivity contribution is 0.0785. The molecule has 0 radical (unpaired) electrons. The number of hydrogen-bond acceptors (Lipinski definition) is 6. The van der Waals surface area contributed by atoms with Crippen molar-refractivity contribution < 1.29 is 4.79 Å². The number of amides is 1. The molecule has 0 aliphatic carbocycles. The Morgan fingerprint density at radius 1 is 0.969 bits per heavy atom. The molecule has 0 unspecified atom stereocenters. The maximum atomic E-state index is 12.8. The molecule has 158 valence electrons. The summed E-state index contributed by atoms with van der Waals surface area (Å²) in [5.74, 6) is 1.44. The van der Waals surface area contributed by atoms with Crippen LogP contribution in [0.2, 0.25) is 0 Å². The zero-order chi connectivity index (χ0) is 21.8. The minimum atomic E-state index is -0.0563. The number of rotatable bonds is 5. The molecule has 1 aliphatic rings. The van der Waals surface area contributed by atoms with Gasteiger partial charge in [0.05, 0.1) is 5.69 Å². The van der Waals surface area contributed by atoms with E-state index in [4.69, 9.17) is 9.97 Å². The van der Waals surface area contributed by atoms with Crippen LogP contribution in [0.3, 0.4) is 0 Å². The quantitative estimate of drug-likeness (QED) is 0.516. The van der Waals surface area contributed by atoms with Gasteiger partial charge in [-0.25, -0.2) is 9.97 Å². The van der Waals surface area contributed by atoms with Crippen LogP contribution in [-0.4, -0.2) is 43.8 Å². The van der Waals surface area contributed by atoms with Crippen molar-refractivity contribution in [3.8, 4) is 11.3 Å². The molecule has 7 heteroatoms. The Morgan fingerprint density at radius 2 is 1.84 bits per heavy atom. The van der Waals surface area contributed by atoms with Gasteiger partial charge in [0.2, 0.25) is 0 Å². The van der Waals surface area contributed by atoms with Crippen LogP contribution in [0.4, 0.5) is 11.5 Å². The average Bonchev–Trinajstić information content (AvgIpc) is 3.36. The number of nitrogens with one attached hydrogen (secondary N) is 1. The van der Waals surface area contributed by atoms with Gasteiger partial charge in [-0.2, -0.15) is 0 Å². The summed E-state index contributed by atoms with van der Waals surface area (Å²) in [6.45, 7) is 1.22. The maximum absolute atomic E-state index is 12.8. The van der Waals surface area contributed by atoms with Gasteiger partial charge in [-0.05, 0) is 42.8 Å². The number of para-hydroxylation sites is 1. The van der Waals surface area contributed by atoms with Gasteiger partial charge in [-0.3, -0.25) is 14.8 Å². The number of nitrogens with zero attached hydrogens (tertiary/aromatic N) is 5. The summed E-state index contributed by atoms with van der Waals surface area (Å²) in [5.41, 5.74) is 3.14. The van der Waals surface area contributed by atoms with Crippen LogP contribution in [0.15, 0.2) is 85.3 Å². The van der Waals surface area contributed by atoms with E-state index < -0.39 is 0 Å². The van der Waals surface area contributed by atoms with E-state index in [2.05, 4.69) is 15.3 Å². The van der Waals surface area contributed by atoms with Crippen molar-refractivity contribution in [3.05, 3.63) is 96.8 Å². The summed E-state index contributed by atoms with van der Waals surface area (Å²) >= 11 is 0. The first-order chi connectivity index (χ1) is 15.8. The highest BCUT2D eigenvalue weighted by Gasteiger charge is 2.30. The lowest BCUT2D eigenvalue weighted by Crippen LogP contribution is -2.29. The van der Waals surface area contributed by atoms with Crippen LogP contribution in [0.25, 0.3) is 11.3 Å². The van der Waals surface area contributed by atoms with Crippen molar-refractivity contribution in [2.75, 3.05) is 18.4 Å². The standard InChI is InChI=1S/C25H22N6O/c32-25(21-10-4-5-13-27-21)31-14-11-19(17-31)24-29-22(18-7-6-12-26-16-18)15-23(30-24)28-20-8-2-1-3-9-20/h1-10,12-13,15-16,19H,11,14,17H2,(H,28,29,30)/t19-/m1/s1. The molecule has 4 heterocycles. The second kappa shape index (κ2) is 8.93. The second-order valence-electron chi connectivity index (χ2n) is 7.68. The zero-order valence-corrected chi connectivity index (χ0v) is 17.4. The topological polar surface area (TPSA) is 83.9 Å². The SMILES string of the molecule is O=C(c1ccccn1)N1CC[C@@H](c2nc(Nc3ccccc3)cc(-c3cccnc3)n2)C1. The fourth-order valence-electron chi connectivity index (χ4n) is 3.85. The number of benzene rings is 1. The first-order valence-electron chi connectivity index (χ1n) is 10.6. The Hall–Kier alpha value is -4.13. The molecule has 1 amide bonds. The molecular formula is C25H22N6O. The first kappa shape index (κ1) is 19.8. The van der Waals surface area contributed by atoms with Gasteiger partial charge in [0.25, 0.3) is 5.91 Å². The van der Waals surface area contributed by atoms with Crippen molar-refractivity contribution in [1.29, 1.82) is 0 Å². The van der Waals surface area contributed by atoms with E-state index in [9.17, 15) is 4.79 Å². The average molecular weight is 422 g/mol. The number of aromatic nitrogens is 4. The van der Waals surface area contributed by atoms with E-state index in [1.165, 1.54) is 0 Å². The van der Waals surface area contributed by atoms with Crippen molar-refractivity contribution >= 4 is 17.4 Å². The van der Waals surface area contributed by atoms with Gasteiger partial charge >= 0.3 is 0 Å². The summed E-state index contributed by atoms with van der Waals surface area (Å²) in [5, 5.41) is 3.38. The lowest BCUT2D eigenvalue weighted by atomic mass is 10.1. The van der Waals surface area contributed by atoms with Crippen LogP contribution in [0.5, 0.6) is 0 Å². The molecule has 1 atom stereocenters. The Labute approximate surface area is 186 Å². The monoisotopic (exact) mass is 422 g/mol. The molecule has 1 N–H and O–H groups in total. The van der Waals surface area contributed by atoms with Crippen molar-refractivity contribution in [2.24, 2.45) is 0 Å². The number of carbonyl (C=O) groups excluding carboxylic acids is 1. The van der Waals surface area contributed by atoms with Crippen LogP contribution in [-0.2, 0) is 0 Å². The predicted octanol–water partition coefficient (Wildman–Crippen LogP) is 4.31. The molecule has 1 saturated heterocycles. The van der Waals surface area contributed by atoms with Gasteiger partial charge in [0.1, 0.15) is 17.3 Å². The van der Waals surface area contributed by atoms with Gasteiger partial charge in [-0.1, -0.05) is 24.3 Å². The molecule has 0 bridgehead atoms. The van der Waals surface area contributed by atoms with E-state index >= 15 is 0 Å². The van der Waals surface area contributed by atoms with E-state index in [0.29, 0.717) is 18.8 Å². The summed E-state index contributed by atoms with van der Waals surface area (Å²) in [4.78, 5) is 32.7. The molecule has 1 fully saturated rings. The van der Waals surface area contributed by atoms with Crippen molar-refractivity contribution in [3.63, 3.8) is 0 Å². The summed E-state index contributed by atoms with van der Waals surface area (Å²) in [7, 11) is 0. The smallest absolute Gasteiger partial charge is 0.272 e. The first-order valence-corrected chi connectivity index (χ1v) is 10.6. The highest BCUT2D eigenvalue weighted by molar-refractivity contribution is 5.92. The van der Waals surface area contributed by atoms with E-state index in [1.54, 1.807) is 24.7 Å². The molecular weight excluding hydrogens is 400 g/mol. The zero-order valence-electron chi connectivity index (χ0n) is 17.4. The number of anilines is 2. The molecule has 4 aromatic rings. The predicted molar refractivity (Wildman–Crippen MR) is 122 cm³/mol. The van der Waals surface area contributed by atoms with Gasteiger partial charge in [0.15, 0.2) is 0 Å². The Morgan fingerprint density at radius 3 is 2.62 bits per heavy atom. The number of likely N-dealkylation sites (tertiary alicyclic amines) is 1. The van der Waals surface area contributed by atoms with Crippen LogP contribution in [0, 0.1) is 0 Å². The summed E-state index contributed by atoms with van der Waals surface area (Å²) in [6.07, 6.45) is 5.99. The lowest BCUT2D eigenvalue weighted by Gasteiger charge is -2.16. The van der Waals surface area contributed by atoms with Crippen LogP contribution >= 0.6 is 0 Å². The summed E-state index contributed by atoms with van der Waals surface area (Å²) < 4.78 is 0. The third kappa shape index (κ3) is 4.32.